The maximum absolute atomic E-state index is 5.03. The van der Waals surface area contributed by atoms with E-state index >= 15 is 0 Å². The highest BCUT2D eigenvalue weighted by molar-refractivity contribution is 5.82. The zero-order chi connectivity index (χ0) is 18.4. The fraction of sp³-hybridized carbons (Fsp3) is 0.217. The molecule has 0 radical (unpaired) electrons. The lowest BCUT2D eigenvalue weighted by atomic mass is 10.1. The van der Waals surface area contributed by atoms with E-state index in [0.717, 1.165) is 53.2 Å². The van der Waals surface area contributed by atoms with Gasteiger partial charge in [-0.05, 0) is 50.8 Å². The van der Waals surface area contributed by atoms with Crippen molar-refractivity contribution < 1.29 is 0 Å². The van der Waals surface area contributed by atoms with Crippen LogP contribution in [-0.2, 0) is 12.8 Å². The molecule has 4 nitrogen and oxygen atoms in total. The van der Waals surface area contributed by atoms with Gasteiger partial charge in [0.15, 0.2) is 5.65 Å². The molecule has 2 aromatic carbocycles. The third-order valence-corrected chi connectivity index (χ3v) is 5.34. The maximum atomic E-state index is 5.03. The first-order valence-corrected chi connectivity index (χ1v) is 9.51. The normalized spacial score (nSPS) is 13.1. The van der Waals surface area contributed by atoms with Gasteiger partial charge in [-0.25, -0.2) is 4.98 Å². The van der Waals surface area contributed by atoms with E-state index in [0.29, 0.717) is 0 Å². The minimum absolute atomic E-state index is 0.939. The van der Waals surface area contributed by atoms with E-state index in [2.05, 4.69) is 67.7 Å². The predicted molar refractivity (Wildman–Crippen MR) is 110 cm³/mol. The molecule has 0 aliphatic heterocycles. The molecule has 0 amide bonds. The predicted octanol–water partition coefficient (Wildman–Crippen LogP) is 5.25. The molecule has 5 rings (SSSR count). The number of aromatic nitrogens is 3. The van der Waals surface area contributed by atoms with Crippen LogP contribution in [0.4, 0.5) is 11.5 Å². The number of fused-ring (bicyclic) bond motifs is 2. The van der Waals surface area contributed by atoms with Crippen LogP contribution in [0.5, 0.6) is 0 Å². The lowest BCUT2D eigenvalue weighted by molar-refractivity contribution is 0.900. The van der Waals surface area contributed by atoms with Crippen LogP contribution in [0.1, 0.15) is 28.9 Å². The Bertz CT molecular complexity index is 1120. The van der Waals surface area contributed by atoms with E-state index in [9.17, 15) is 0 Å². The van der Waals surface area contributed by atoms with Gasteiger partial charge in [-0.1, -0.05) is 48.0 Å². The monoisotopic (exact) mass is 354 g/mol. The minimum atomic E-state index is 0.939. The zero-order valence-corrected chi connectivity index (χ0v) is 15.7. The van der Waals surface area contributed by atoms with Gasteiger partial charge in [-0.3, -0.25) is 0 Å². The Morgan fingerprint density at radius 1 is 0.926 bits per heavy atom. The number of hydrogen-bond acceptors (Lipinski definition) is 3. The quantitative estimate of drug-likeness (QED) is 0.547. The van der Waals surface area contributed by atoms with Gasteiger partial charge in [0, 0.05) is 22.5 Å². The second kappa shape index (κ2) is 6.23. The van der Waals surface area contributed by atoms with Crippen molar-refractivity contribution in [1.29, 1.82) is 0 Å². The topological polar surface area (TPSA) is 42.2 Å². The Morgan fingerprint density at radius 3 is 2.48 bits per heavy atom. The summed E-state index contributed by atoms with van der Waals surface area (Å²) < 4.78 is 2.00. The lowest BCUT2D eigenvalue weighted by Gasteiger charge is -2.14. The van der Waals surface area contributed by atoms with Gasteiger partial charge in [-0.15, -0.1) is 0 Å². The van der Waals surface area contributed by atoms with E-state index in [-0.39, 0.29) is 0 Å². The van der Waals surface area contributed by atoms with Crippen molar-refractivity contribution in [2.24, 2.45) is 0 Å². The summed E-state index contributed by atoms with van der Waals surface area (Å²) in [5.74, 6) is 1.06. The Hall–Kier alpha value is -3.14. The number of hydrogen-bond donors (Lipinski definition) is 1. The van der Waals surface area contributed by atoms with Crippen molar-refractivity contribution in [1.82, 2.24) is 14.6 Å². The summed E-state index contributed by atoms with van der Waals surface area (Å²) in [5.41, 5.74) is 9.07. The molecule has 1 N–H and O–H groups in total. The van der Waals surface area contributed by atoms with Crippen LogP contribution >= 0.6 is 0 Å². The van der Waals surface area contributed by atoms with Gasteiger partial charge in [0.05, 0.1) is 5.69 Å². The number of nitrogens with one attached hydrogen (secondary N) is 1. The van der Waals surface area contributed by atoms with Crippen LogP contribution in [0.3, 0.4) is 0 Å². The summed E-state index contributed by atoms with van der Waals surface area (Å²) >= 11 is 0. The average molecular weight is 354 g/mol. The zero-order valence-electron chi connectivity index (χ0n) is 15.7. The first-order chi connectivity index (χ1) is 13.2. The fourth-order valence-corrected chi connectivity index (χ4v) is 3.98. The van der Waals surface area contributed by atoms with E-state index in [1.807, 2.05) is 10.6 Å². The molecular formula is C23H22N4. The first-order valence-electron chi connectivity index (χ1n) is 9.51. The molecule has 0 atom stereocenters. The van der Waals surface area contributed by atoms with Crippen LogP contribution in [0, 0.1) is 13.8 Å². The smallest absolute Gasteiger partial charge is 0.165 e. The summed E-state index contributed by atoms with van der Waals surface area (Å²) in [4.78, 5) is 5.03. The van der Waals surface area contributed by atoms with Crippen molar-refractivity contribution in [2.45, 2.75) is 33.1 Å². The number of nitrogens with zero attached hydrogens (tertiary/aromatic N) is 3. The third kappa shape index (κ3) is 2.69. The molecule has 1 aliphatic carbocycles. The number of anilines is 2. The molecule has 1 aliphatic rings. The number of benzene rings is 2. The molecule has 0 spiro atoms. The average Bonchev–Trinajstić information content (AvgIpc) is 3.28. The molecule has 2 heterocycles. The van der Waals surface area contributed by atoms with Gasteiger partial charge in [0.25, 0.3) is 0 Å². The van der Waals surface area contributed by atoms with Crippen LogP contribution in [0.2, 0.25) is 0 Å². The summed E-state index contributed by atoms with van der Waals surface area (Å²) in [5, 5.41) is 8.50. The van der Waals surface area contributed by atoms with Gasteiger partial charge < -0.3 is 5.32 Å². The summed E-state index contributed by atoms with van der Waals surface area (Å²) in [6, 6.07) is 18.9. The molecule has 0 bridgehead atoms. The largest absolute Gasteiger partial charge is 0.340 e. The van der Waals surface area contributed by atoms with E-state index in [4.69, 9.17) is 10.1 Å². The first kappa shape index (κ1) is 16.1. The third-order valence-electron chi connectivity index (χ3n) is 5.34. The van der Waals surface area contributed by atoms with Crippen molar-refractivity contribution in [3.05, 3.63) is 77.1 Å². The van der Waals surface area contributed by atoms with E-state index in [1.165, 1.54) is 16.8 Å². The van der Waals surface area contributed by atoms with Gasteiger partial charge in [0.1, 0.15) is 5.82 Å². The molecule has 0 saturated heterocycles. The molecule has 0 saturated carbocycles. The van der Waals surface area contributed by atoms with Crippen molar-refractivity contribution in [3.63, 3.8) is 0 Å². The number of rotatable bonds is 3. The van der Waals surface area contributed by atoms with Crippen molar-refractivity contribution >= 4 is 17.2 Å². The molecular weight excluding hydrogens is 332 g/mol. The molecule has 2 aromatic heterocycles. The molecule has 27 heavy (non-hydrogen) atoms. The summed E-state index contributed by atoms with van der Waals surface area (Å²) in [7, 11) is 0. The van der Waals surface area contributed by atoms with Crippen LogP contribution in [-0.4, -0.2) is 14.6 Å². The second-order valence-electron chi connectivity index (χ2n) is 7.29. The van der Waals surface area contributed by atoms with Crippen LogP contribution < -0.4 is 5.32 Å². The standard InChI is InChI=1S/C23H22N4/c1-15-11-13-18(14-12-15)24-22-19-9-6-10-20(19)25-23-21(16(2)26-27(22)23)17-7-4-3-5-8-17/h3-5,7-8,11-14,24H,6,9-10H2,1-2H3. The highest BCUT2D eigenvalue weighted by Gasteiger charge is 2.24. The molecule has 0 fully saturated rings. The van der Waals surface area contributed by atoms with Crippen LogP contribution in [0.25, 0.3) is 16.8 Å². The van der Waals surface area contributed by atoms with Gasteiger partial charge in [0.2, 0.25) is 0 Å². The Kier molecular flexibility index (Phi) is 3.71. The highest BCUT2D eigenvalue weighted by Crippen LogP contribution is 2.35. The Morgan fingerprint density at radius 2 is 1.70 bits per heavy atom. The molecule has 134 valence electrons. The molecule has 4 heteroatoms. The Labute approximate surface area is 158 Å². The highest BCUT2D eigenvalue weighted by atomic mass is 15.3. The summed E-state index contributed by atoms with van der Waals surface area (Å²) in [6.07, 6.45) is 3.23. The molecule has 4 aromatic rings. The summed E-state index contributed by atoms with van der Waals surface area (Å²) in [6.45, 7) is 4.17. The lowest BCUT2D eigenvalue weighted by Crippen LogP contribution is -2.07. The fourth-order valence-electron chi connectivity index (χ4n) is 3.98. The van der Waals surface area contributed by atoms with Crippen LogP contribution in [0.15, 0.2) is 54.6 Å². The van der Waals surface area contributed by atoms with E-state index in [1.54, 1.807) is 0 Å². The number of aryl methyl sites for hydroxylation is 3. The van der Waals surface area contributed by atoms with Crippen molar-refractivity contribution in [2.75, 3.05) is 5.32 Å². The van der Waals surface area contributed by atoms with Gasteiger partial charge >= 0.3 is 0 Å². The van der Waals surface area contributed by atoms with E-state index < -0.39 is 0 Å². The Balaban J connectivity index is 1.73. The maximum Gasteiger partial charge on any atom is 0.165 e. The minimum Gasteiger partial charge on any atom is -0.340 e. The van der Waals surface area contributed by atoms with Crippen molar-refractivity contribution in [3.8, 4) is 11.1 Å². The van der Waals surface area contributed by atoms with Gasteiger partial charge in [-0.2, -0.15) is 9.61 Å². The molecule has 0 unspecified atom stereocenters. The second-order valence-corrected chi connectivity index (χ2v) is 7.29. The SMILES string of the molecule is Cc1ccc(Nc2c3c(nc4c(-c5ccccc5)c(C)nn24)CCC3)cc1.